The molecule has 2 atom stereocenters. The van der Waals surface area contributed by atoms with Gasteiger partial charge >= 0.3 is 0 Å². The van der Waals surface area contributed by atoms with Crippen LogP contribution in [0.25, 0.3) is 0 Å². The van der Waals surface area contributed by atoms with Crippen LogP contribution in [0.4, 0.5) is 5.82 Å². The monoisotopic (exact) mass is 337 g/mol. The average Bonchev–Trinajstić information content (AvgIpc) is 2.63. The largest absolute Gasteiger partial charge is 0.369 e. The Labute approximate surface area is 108 Å². The highest BCUT2D eigenvalue weighted by atomic mass is 127. The van der Waals surface area contributed by atoms with E-state index in [-0.39, 0.29) is 0 Å². The lowest BCUT2D eigenvalue weighted by Gasteiger charge is -2.11. The third kappa shape index (κ3) is 3.17. The lowest BCUT2D eigenvalue weighted by Crippen LogP contribution is -2.13. The van der Waals surface area contributed by atoms with Gasteiger partial charge in [-0.25, -0.2) is 9.97 Å². The second-order valence-corrected chi connectivity index (χ2v) is 5.66. The average molecular weight is 338 g/mol. The molecule has 15 heavy (non-hydrogen) atoms. The fourth-order valence-corrected chi connectivity index (χ4v) is 2.75. The maximum Gasteiger partial charge on any atom is 0.142 e. The zero-order valence-corrected chi connectivity index (χ0v) is 11.2. The van der Waals surface area contributed by atoms with E-state index in [0.29, 0.717) is 11.3 Å². The molecular weight excluding hydrogens is 324 g/mol. The third-order valence-electron chi connectivity index (χ3n) is 2.70. The van der Waals surface area contributed by atoms with Crippen molar-refractivity contribution in [3.63, 3.8) is 0 Å². The number of nitrogens with zero attached hydrogens (tertiary/aromatic N) is 2. The van der Waals surface area contributed by atoms with Crippen LogP contribution in [0.3, 0.4) is 0 Å². The van der Waals surface area contributed by atoms with Crippen molar-refractivity contribution in [2.45, 2.75) is 24.6 Å². The molecule has 1 aliphatic rings. The lowest BCUT2D eigenvalue weighted by molar-refractivity contribution is 0.579. The zero-order chi connectivity index (χ0) is 10.7. The molecule has 0 radical (unpaired) electrons. The van der Waals surface area contributed by atoms with Gasteiger partial charge in [0.05, 0.1) is 3.57 Å². The van der Waals surface area contributed by atoms with E-state index in [9.17, 15) is 0 Å². The smallest absolute Gasteiger partial charge is 0.142 e. The van der Waals surface area contributed by atoms with E-state index in [1.807, 2.05) is 6.20 Å². The fourth-order valence-electron chi connectivity index (χ4n) is 1.88. The summed E-state index contributed by atoms with van der Waals surface area (Å²) in [5, 5.41) is 3.73. The maximum atomic E-state index is 6.07. The van der Waals surface area contributed by atoms with Crippen LogP contribution in [0.15, 0.2) is 12.5 Å². The van der Waals surface area contributed by atoms with Crippen LogP contribution in [0, 0.1) is 9.49 Å². The lowest BCUT2D eigenvalue weighted by atomic mass is 10.1. The van der Waals surface area contributed by atoms with E-state index in [2.05, 4.69) is 37.9 Å². The van der Waals surface area contributed by atoms with Crippen LogP contribution >= 0.6 is 34.2 Å². The highest BCUT2D eigenvalue weighted by molar-refractivity contribution is 14.1. The number of alkyl halides is 1. The second kappa shape index (κ2) is 5.30. The molecule has 5 heteroatoms. The van der Waals surface area contributed by atoms with Crippen LogP contribution in [0.5, 0.6) is 0 Å². The summed E-state index contributed by atoms with van der Waals surface area (Å²) in [6.07, 6.45) is 6.88. The Morgan fingerprint density at radius 2 is 2.40 bits per heavy atom. The van der Waals surface area contributed by atoms with E-state index < -0.39 is 0 Å². The first kappa shape index (κ1) is 11.4. The van der Waals surface area contributed by atoms with E-state index in [1.54, 1.807) is 6.33 Å². The Morgan fingerprint density at radius 3 is 3.07 bits per heavy atom. The summed E-state index contributed by atoms with van der Waals surface area (Å²) in [4.78, 5) is 8.15. The SMILES string of the molecule is ClC1CCC(CNc2ncncc2I)C1. The maximum absolute atomic E-state index is 6.07. The minimum absolute atomic E-state index is 0.376. The predicted octanol–water partition coefficient (Wildman–Crippen LogP) is 2.90. The first-order chi connectivity index (χ1) is 7.25. The molecule has 2 rings (SSSR count). The van der Waals surface area contributed by atoms with Gasteiger partial charge in [0.2, 0.25) is 0 Å². The first-order valence-corrected chi connectivity index (χ1v) is 6.60. The molecule has 3 nitrogen and oxygen atoms in total. The molecule has 1 N–H and O–H groups in total. The van der Waals surface area contributed by atoms with Gasteiger partial charge in [0.1, 0.15) is 12.1 Å². The quantitative estimate of drug-likeness (QED) is 0.681. The highest BCUT2D eigenvalue weighted by Crippen LogP contribution is 2.29. The van der Waals surface area contributed by atoms with Gasteiger partial charge in [-0.3, -0.25) is 0 Å². The Hall–Kier alpha value is -0.100. The van der Waals surface area contributed by atoms with Crippen LogP contribution in [0.1, 0.15) is 19.3 Å². The predicted molar refractivity (Wildman–Crippen MR) is 70.2 cm³/mol. The third-order valence-corrected chi connectivity index (χ3v) is 3.89. The number of hydrogen-bond acceptors (Lipinski definition) is 3. The Bertz CT molecular complexity index is 334. The zero-order valence-electron chi connectivity index (χ0n) is 8.29. The second-order valence-electron chi connectivity index (χ2n) is 3.88. The van der Waals surface area contributed by atoms with Crippen LogP contribution < -0.4 is 5.32 Å². The summed E-state index contributed by atoms with van der Waals surface area (Å²) >= 11 is 8.30. The number of rotatable bonds is 3. The Balaban J connectivity index is 1.86. The molecule has 0 aliphatic heterocycles. The molecule has 0 spiro atoms. The van der Waals surface area contributed by atoms with Gasteiger partial charge < -0.3 is 5.32 Å². The normalized spacial score (nSPS) is 25.5. The van der Waals surface area contributed by atoms with Gasteiger partial charge in [0.25, 0.3) is 0 Å². The van der Waals surface area contributed by atoms with Gasteiger partial charge in [0, 0.05) is 18.1 Å². The molecule has 1 aromatic heterocycles. The molecule has 2 unspecified atom stereocenters. The molecule has 0 amide bonds. The molecule has 1 aromatic rings. The fraction of sp³-hybridized carbons (Fsp3) is 0.600. The molecule has 0 saturated heterocycles. The summed E-state index contributed by atoms with van der Waals surface area (Å²) < 4.78 is 1.07. The van der Waals surface area contributed by atoms with Crippen molar-refractivity contribution >= 4 is 40.0 Å². The molecular formula is C10H13ClIN3. The standard InChI is InChI=1S/C10H13ClIN3/c11-8-2-1-7(3-8)4-14-10-9(12)5-13-6-15-10/h5-8H,1-4H2,(H,13,14,15). The van der Waals surface area contributed by atoms with Crippen molar-refractivity contribution < 1.29 is 0 Å². The van der Waals surface area contributed by atoms with Crippen molar-refractivity contribution in [2.24, 2.45) is 5.92 Å². The molecule has 0 bridgehead atoms. The van der Waals surface area contributed by atoms with Crippen molar-refractivity contribution in [1.29, 1.82) is 0 Å². The summed E-state index contributed by atoms with van der Waals surface area (Å²) in [6, 6.07) is 0. The van der Waals surface area contributed by atoms with E-state index in [0.717, 1.165) is 28.8 Å². The van der Waals surface area contributed by atoms with Crippen molar-refractivity contribution in [3.8, 4) is 0 Å². The number of nitrogens with one attached hydrogen (secondary N) is 1. The molecule has 1 fully saturated rings. The van der Waals surface area contributed by atoms with Crippen molar-refractivity contribution in [1.82, 2.24) is 9.97 Å². The summed E-state index contributed by atoms with van der Waals surface area (Å²) in [6.45, 7) is 0.968. The van der Waals surface area contributed by atoms with Gasteiger partial charge in [-0.1, -0.05) is 0 Å². The van der Waals surface area contributed by atoms with Crippen LogP contribution in [0.2, 0.25) is 0 Å². The molecule has 1 aliphatic carbocycles. The highest BCUT2D eigenvalue weighted by Gasteiger charge is 2.22. The summed E-state index contributed by atoms with van der Waals surface area (Å²) in [7, 11) is 0. The molecule has 1 saturated carbocycles. The van der Waals surface area contributed by atoms with Gasteiger partial charge in [-0.15, -0.1) is 11.6 Å². The molecule has 1 heterocycles. The minimum Gasteiger partial charge on any atom is -0.369 e. The number of aromatic nitrogens is 2. The number of halogens is 2. The van der Waals surface area contributed by atoms with Gasteiger partial charge in [-0.05, 0) is 47.8 Å². The summed E-state index contributed by atoms with van der Waals surface area (Å²) in [5.41, 5.74) is 0. The van der Waals surface area contributed by atoms with Gasteiger partial charge in [0.15, 0.2) is 0 Å². The molecule has 82 valence electrons. The number of hydrogen-bond donors (Lipinski definition) is 1. The van der Waals surface area contributed by atoms with Crippen LogP contribution in [-0.4, -0.2) is 21.9 Å². The van der Waals surface area contributed by atoms with E-state index in [1.165, 1.54) is 6.42 Å². The Kier molecular flexibility index (Phi) is 4.02. The first-order valence-electron chi connectivity index (χ1n) is 5.09. The van der Waals surface area contributed by atoms with E-state index >= 15 is 0 Å². The van der Waals surface area contributed by atoms with Crippen molar-refractivity contribution in [3.05, 3.63) is 16.1 Å². The Morgan fingerprint density at radius 1 is 1.53 bits per heavy atom. The minimum atomic E-state index is 0.376. The van der Waals surface area contributed by atoms with E-state index in [4.69, 9.17) is 11.6 Å². The summed E-state index contributed by atoms with van der Waals surface area (Å²) in [5.74, 6) is 1.63. The van der Waals surface area contributed by atoms with Crippen molar-refractivity contribution in [2.75, 3.05) is 11.9 Å². The number of anilines is 1. The molecule has 0 aromatic carbocycles. The van der Waals surface area contributed by atoms with Gasteiger partial charge in [-0.2, -0.15) is 0 Å². The van der Waals surface area contributed by atoms with Crippen LogP contribution in [-0.2, 0) is 0 Å². The topological polar surface area (TPSA) is 37.8 Å².